The van der Waals surface area contributed by atoms with Crippen molar-refractivity contribution in [3.8, 4) is 0 Å². The summed E-state index contributed by atoms with van der Waals surface area (Å²) in [4.78, 5) is 0. The third-order valence-electron chi connectivity index (χ3n) is 2.11. The molecule has 1 rings (SSSR count). The van der Waals surface area contributed by atoms with Gasteiger partial charge in [0.25, 0.3) is 0 Å². The van der Waals surface area contributed by atoms with Crippen molar-refractivity contribution in [3.05, 3.63) is 18.0 Å². The largest absolute Gasteiger partial charge is 0.308 e. The monoisotopic (exact) mass is 231 g/mol. The second-order valence-corrected chi connectivity index (χ2v) is 6.01. The van der Waals surface area contributed by atoms with Crippen LogP contribution in [0.1, 0.15) is 12.6 Å². The molecule has 0 radical (unpaired) electrons. The molecule has 6 heteroatoms. The first-order valence-corrected chi connectivity index (χ1v) is 6.82. The maximum Gasteiger partial charge on any atom is 0.148 e. The lowest BCUT2D eigenvalue weighted by atomic mass is 10.3. The van der Waals surface area contributed by atoms with E-state index in [1.54, 1.807) is 10.9 Å². The Labute approximate surface area is 90.4 Å². The maximum absolute atomic E-state index is 11.0. The summed E-state index contributed by atoms with van der Waals surface area (Å²) in [5, 5.41) is 7.17. The number of hydrogen-bond donors (Lipinski definition) is 1. The average molecular weight is 231 g/mol. The first kappa shape index (κ1) is 12.2. The van der Waals surface area contributed by atoms with E-state index < -0.39 is 9.84 Å². The van der Waals surface area contributed by atoms with E-state index in [9.17, 15) is 8.42 Å². The molecule has 86 valence electrons. The van der Waals surface area contributed by atoms with Crippen LogP contribution in [0.15, 0.2) is 12.3 Å². The van der Waals surface area contributed by atoms with Crippen LogP contribution in [0.25, 0.3) is 0 Å². The Morgan fingerprint density at radius 2 is 2.27 bits per heavy atom. The van der Waals surface area contributed by atoms with Gasteiger partial charge in [-0.05, 0) is 13.0 Å². The smallest absolute Gasteiger partial charge is 0.148 e. The fraction of sp³-hybridized carbons (Fsp3) is 0.667. The molecule has 0 amide bonds. The van der Waals surface area contributed by atoms with E-state index in [0.717, 1.165) is 5.69 Å². The van der Waals surface area contributed by atoms with Crippen molar-refractivity contribution in [1.82, 2.24) is 15.1 Å². The van der Waals surface area contributed by atoms with Crippen LogP contribution in [-0.4, -0.2) is 36.2 Å². The highest BCUT2D eigenvalue weighted by Crippen LogP contribution is 1.97. The molecule has 0 aliphatic carbocycles. The molecule has 0 aliphatic heterocycles. The molecule has 0 aliphatic rings. The Kier molecular flexibility index (Phi) is 3.87. The Morgan fingerprint density at radius 3 is 2.73 bits per heavy atom. The Bertz CT molecular complexity index is 411. The zero-order valence-electron chi connectivity index (χ0n) is 9.27. The molecule has 1 aromatic rings. The predicted molar refractivity (Wildman–Crippen MR) is 59.2 cm³/mol. The first-order chi connectivity index (χ1) is 6.88. The van der Waals surface area contributed by atoms with Gasteiger partial charge in [-0.3, -0.25) is 4.68 Å². The SMILES string of the molecule is CC(CS(C)(=O)=O)NCc1ccnn1C. The molecule has 0 bridgehead atoms. The van der Waals surface area contributed by atoms with Crippen LogP contribution in [0, 0.1) is 0 Å². The standard InChI is InChI=1S/C9H17N3O2S/c1-8(7-15(3,13)14)10-6-9-4-5-11-12(9)2/h4-5,8,10H,6-7H2,1-3H3. The van der Waals surface area contributed by atoms with Crippen molar-refractivity contribution < 1.29 is 8.42 Å². The van der Waals surface area contributed by atoms with E-state index in [4.69, 9.17) is 0 Å². The van der Waals surface area contributed by atoms with Crippen molar-refractivity contribution >= 4 is 9.84 Å². The van der Waals surface area contributed by atoms with Gasteiger partial charge in [0.2, 0.25) is 0 Å². The molecule has 15 heavy (non-hydrogen) atoms. The molecule has 0 spiro atoms. The Balaban J connectivity index is 2.41. The summed E-state index contributed by atoms with van der Waals surface area (Å²) < 4.78 is 23.8. The number of aryl methyl sites for hydroxylation is 1. The number of aromatic nitrogens is 2. The van der Waals surface area contributed by atoms with Crippen LogP contribution >= 0.6 is 0 Å². The van der Waals surface area contributed by atoms with Crippen molar-refractivity contribution in [2.75, 3.05) is 12.0 Å². The van der Waals surface area contributed by atoms with Gasteiger partial charge in [-0.1, -0.05) is 0 Å². The summed E-state index contributed by atoms with van der Waals surface area (Å²) in [6, 6.07) is 1.86. The molecule has 0 saturated heterocycles. The fourth-order valence-corrected chi connectivity index (χ4v) is 2.39. The first-order valence-electron chi connectivity index (χ1n) is 4.76. The molecule has 0 fully saturated rings. The molecular weight excluding hydrogens is 214 g/mol. The molecule has 0 saturated carbocycles. The topological polar surface area (TPSA) is 64.0 Å². The van der Waals surface area contributed by atoms with Crippen molar-refractivity contribution in [3.63, 3.8) is 0 Å². The molecule has 1 N–H and O–H groups in total. The highest BCUT2D eigenvalue weighted by Gasteiger charge is 2.10. The van der Waals surface area contributed by atoms with E-state index in [2.05, 4.69) is 10.4 Å². The van der Waals surface area contributed by atoms with Crippen LogP contribution in [0.5, 0.6) is 0 Å². The van der Waals surface area contributed by atoms with Crippen molar-refractivity contribution in [1.29, 1.82) is 0 Å². The molecule has 0 aromatic carbocycles. The zero-order valence-corrected chi connectivity index (χ0v) is 10.1. The highest BCUT2D eigenvalue weighted by molar-refractivity contribution is 7.90. The van der Waals surface area contributed by atoms with E-state index in [0.29, 0.717) is 6.54 Å². The van der Waals surface area contributed by atoms with Gasteiger partial charge < -0.3 is 5.32 Å². The summed E-state index contributed by atoms with van der Waals surface area (Å²) in [5.74, 6) is 0.158. The highest BCUT2D eigenvalue weighted by atomic mass is 32.2. The van der Waals surface area contributed by atoms with Crippen LogP contribution < -0.4 is 5.32 Å². The van der Waals surface area contributed by atoms with Gasteiger partial charge in [0.1, 0.15) is 9.84 Å². The second kappa shape index (κ2) is 4.76. The minimum Gasteiger partial charge on any atom is -0.308 e. The van der Waals surface area contributed by atoms with E-state index in [1.165, 1.54) is 6.26 Å². The van der Waals surface area contributed by atoms with Gasteiger partial charge in [0.15, 0.2) is 0 Å². The summed E-state index contributed by atoms with van der Waals surface area (Å²) in [6.07, 6.45) is 2.97. The average Bonchev–Trinajstić information content (AvgIpc) is 2.44. The minimum atomic E-state index is -2.91. The van der Waals surface area contributed by atoms with Gasteiger partial charge in [0, 0.05) is 32.1 Å². The van der Waals surface area contributed by atoms with E-state index >= 15 is 0 Å². The number of nitrogens with zero attached hydrogens (tertiary/aromatic N) is 2. The normalized spacial score (nSPS) is 14.1. The fourth-order valence-electron chi connectivity index (χ4n) is 1.37. The Morgan fingerprint density at radius 1 is 1.60 bits per heavy atom. The lowest BCUT2D eigenvalue weighted by molar-refractivity contribution is 0.544. The van der Waals surface area contributed by atoms with Crippen LogP contribution in [-0.2, 0) is 23.4 Å². The molecule has 1 unspecified atom stereocenters. The summed E-state index contributed by atoms with van der Waals surface area (Å²) in [5.41, 5.74) is 1.04. The van der Waals surface area contributed by atoms with Gasteiger partial charge >= 0.3 is 0 Å². The number of sulfone groups is 1. The lowest BCUT2D eigenvalue weighted by Gasteiger charge is -2.12. The predicted octanol–water partition coefficient (Wildman–Crippen LogP) is -0.0572. The van der Waals surface area contributed by atoms with Gasteiger partial charge in [-0.25, -0.2) is 8.42 Å². The third-order valence-corrected chi connectivity index (χ3v) is 3.21. The lowest BCUT2D eigenvalue weighted by Crippen LogP contribution is -2.32. The molecule has 5 nitrogen and oxygen atoms in total. The minimum absolute atomic E-state index is 0.0464. The molecule has 1 atom stereocenters. The Hall–Kier alpha value is -0.880. The van der Waals surface area contributed by atoms with Gasteiger partial charge in [-0.15, -0.1) is 0 Å². The van der Waals surface area contributed by atoms with Gasteiger partial charge in [0.05, 0.1) is 11.4 Å². The summed E-state index contributed by atoms with van der Waals surface area (Å²) in [6.45, 7) is 2.49. The number of nitrogens with one attached hydrogen (secondary N) is 1. The van der Waals surface area contributed by atoms with Crippen LogP contribution in [0.3, 0.4) is 0 Å². The number of rotatable bonds is 5. The number of hydrogen-bond acceptors (Lipinski definition) is 4. The zero-order chi connectivity index (χ0) is 11.5. The van der Waals surface area contributed by atoms with Gasteiger partial charge in [-0.2, -0.15) is 5.10 Å². The summed E-state index contributed by atoms with van der Waals surface area (Å²) in [7, 11) is -1.05. The molecule has 1 aromatic heterocycles. The molecule has 1 heterocycles. The second-order valence-electron chi connectivity index (χ2n) is 3.82. The quantitative estimate of drug-likeness (QED) is 0.771. The summed E-state index contributed by atoms with van der Waals surface area (Å²) >= 11 is 0. The van der Waals surface area contributed by atoms with Crippen molar-refractivity contribution in [2.45, 2.75) is 19.5 Å². The van der Waals surface area contributed by atoms with E-state index in [1.807, 2.05) is 20.0 Å². The van der Waals surface area contributed by atoms with Crippen LogP contribution in [0.4, 0.5) is 0 Å². The van der Waals surface area contributed by atoms with Crippen molar-refractivity contribution in [2.24, 2.45) is 7.05 Å². The maximum atomic E-state index is 11.0. The molecular formula is C9H17N3O2S. The van der Waals surface area contributed by atoms with E-state index in [-0.39, 0.29) is 11.8 Å². The third kappa shape index (κ3) is 4.44. The van der Waals surface area contributed by atoms with Crippen LogP contribution in [0.2, 0.25) is 0 Å².